The minimum Gasteiger partial charge on any atom is -0.409 e. The molecule has 19 heavy (non-hydrogen) atoms. The Balaban J connectivity index is 2.90. The van der Waals surface area contributed by atoms with E-state index in [9.17, 15) is 9.59 Å². The molecule has 0 saturated carbocycles. The molecule has 0 atom stereocenters. The molecule has 0 fully saturated rings. The first-order valence-corrected chi connectivity index (χ1v) is 5.51. The Hall–Kier alpha value is -2.64. The molecule has 8 nitrogen and oxygen atoms in total. The van der Waals surface area contributed by atoms with E-state index in [-0.39, 0.29) is 18.1 Å². The third kappa shape index (κ3) is 3.66. The van der Waals surface area contributed by atoms with Gasteiger partial charge >= 0.3 is 0 Å². The van der Waals surface area contributed by atoms with Gasteiger partial charge in [0.1, 0.15) is 5.69 Å². The predicted molar refractivity (Wildman–Crippen MR) is 67.5 cm³/mol. The van der Waals surface area contributed by atoms with Crippen LogP contribution in [0.3, 0.4) is 0 Å². The Morgan fingerprint density at radius 3 is 2.53 bits per heavy atom. The van der Waals surface area contributed by atoms with Crippen molar-refractivity contribution in [2.75, 3.05) is 13.1 Å². The Morgan fingerprint density at radius 1 is 1.42 bits per heavy atom. The van der Waals surface area contributed by atoms with E-state index in [1.807, 2.05) is 0 Å². The highest BCUT2D eigenvalue weighted by Crippen LogP contribution is 2.04. The number of carbonyl (C=O) groups is 2. The number of primary amides is 1. The number of carbonyl (C=O) groups excluding carboxylic acids is 2. The van der Waals surface area contributed by atoms with Gasteiger partial charge in [-0.3, -0.25) is 14.6 Å². The number of amides is 2. The number of amidine groups is 1. The first-order valence-electron chi connectivity index (χ1n) is 5.51. The van der Waals surface area contributed by atoms with Crippen LogP contribution in [0.2, 0.25) is 0 Å². The number of oxime groups is 1. The zero-order valence-electron chi connectivity index (χ0n) is 10.4. The molecule has 102 valence electrons. The number of hydrogen-bond donors (Lipinski definition) is 3. The van der Waals surface area contributed by atoms with Gasteiger partial charge in [-0.1, -0.05) is 5.16 Å². The molecule has 0 spiro atoms. The minimum atomic E-state index is -0.594. The van der Waals surface area contributed by atoms with Gasteiger partial charge in [-0.15, -0.1) is 0 Å². The van der Waals surface area contributed by atoms with Gasteiger partial charge in [-0.05, 0) is 19.1 Å². The molecule has 0 aliphatic carbocycles. The first-order chi connectivity index (χ1) is 8.99. The first kappa shape index (κ1) is 14.4. The summed E-state index contributed by atoms with van der Waals surface area (Å²) in [6.45, 7) is 1.90. The van der Waals surface area contributed by atoms with Crippen LogP contribution in [-0.2, 0) is 4.79 Å². The van der Waals surface area contributed by atoms with Crippen LogP contribution in [0.5, 0.6) is 0 Å². The van der Waals surface area contributed by atoms with E-state index in [1.54, 1.807) is 6.92 Å². The SMILES string of the molecule is CCN(CC(N)=O)C(=O)c1ccc(/C(N)=N/O)cn1. The van der Waals surface area contributed by atoms with E-state index in [4.69, 9.17) is 16.7 Å². The number of nitrogens with zero attached hydrogens (tertiary/aromatic N) is 3. The van der Waals surface area contributed by atoms with Crippen LogP contribution in [0.15, 0.2) is 23.5 Å². The lowest BCUT2D eigenvalue weighted by molar-refractivity contribution is -0.118. The number of aromatic nitrogens is 1. The fourth-order valence-corrected chi connectivity index (χ4v) is 1.41. The van der Waals surface area contributed by atoms with Crippen LogP contribution in [0.25, 0.3) is 0 Å². The van der Waals surface area contributed by atoms with Crippen molar-refractivity contribution in [2.24, 2.45) is 16.6 Å². The smallest absolute Gasteiger partial charge is 0.272 e. The Kier molecular flexibility index (Phi) is 4.81. The van der Waals surface area contributed by atoms with Crippen molar-refractivity contribution in [2.45, 2.75) is 6.92 Å². The molecule has 0 aliphatic heterocycles. The van der Waals surface area contributed by atoms with E-state index >= 15 is 0 Å². The molecule has 0 unspecified atom stereocenters. The molecule has 0 aromatic carbocycles. The molecule has 0 aliphatic rings. The highest BCUT2D eigenvalue weighted by Gasteiger charge is 2.17. The Labute approximate surface area is 109 Å². The number of likely N-dealkylation sites (N-methyl/N-ethyl adjacent to an activating group) is 1. The maximum Gasteiger partial charge on any atom is 0.272 e. The van der Waals surface area contributed by atoms with Crippen LogP contribution < -0.4 is 11.5 Å². The van der Waals surface area contributed by atoms with E-state index < -0.39 is 11.8 Å². The average molecular weight is 265 g/mol. The third-order valence-electron chi connectivity index (χ3n) is 2.40. The summed E-state index contributed by atoms with van der Waals surface area (Å²) >= 11 is 0. The van der Waals surface area contributed by atoms with Gasteiger partial charge in [-0.2, -0.15) is 0 Å². The minimum absolute atomic E-state index is 0.101. The number of rotatable bonds is 5. The number of pyridine rings is 1. The molecular weight excluding hydrogens is 250 g/mol. The topological polar surface area (TPSA) is 135 Å². The lowest BCUT2D eigenvalue weighted by Gasteiger charge is -2.18. The summed E-state index contributed by atoms with van der Waals surface area (Å²) in [5.74, 6) is -1.10. The van der Waals surface area contributed by atoms with Crippen molar-refractivity contribution in [3.63, 3.8) is 0 Å². The van der Waals surface area contributed by atoms with Gasteiger partial charge in [0.2, 0.25) is 5.91 Å². The summed E-state index contributed by atoms with van der Waals surface area (Å²) in [4.78, 5) is 28.0. The summed E-state index contributed by atoms with van der Waals surface area (Å²) in [7, 11) is 0. The molecule has 1 aromatic rings. The van der Waals surface area contributed by atoms with E-state index in [0.29, 0.717) is 12.1 Å². The van der Waals surface area contributed by atoms with E-state index in [2.05, 4.69) is 10.1 Å². The molecule has 0 bridgehead atoms. The lowest BCUT2D eigenvalue weighted by Crippen LogP contribution is -2.38. The number of hydrogen-bond acceptors (Lipinski definition) is 5. The highest BCUT2D eigenvalue weighted by atomic mass is 16.4. The van der Waals surface area contributed by atoms with Gasteiger partial charge < -0.3 is 21.6 Å². The monoisotopic (exact) mass is 265 g/mol. The summed E-state index contributed by atoms with van der Waals surface area (Å²) in [6.07, 6.45) is 1.31. The van der Waals surface area contributed by atoms with Crippen molar-refractivity contribution >= 4 is 17.6 Å². The van der Waals surface area contributed by atoms with Crippen molar-refractivity contribution < 1.29 is 14.8 Å². The largest absolute Gasteiger partial charge is 0.409 e. The molecular formula is C11H15N5O3. The summed E-state index contributed by atoms with van der Waals surface area (Å²) in [5, 5.41) is 11.3. The molecule has 0 saturated heterocycles. The van der Waals surface area contributed by atoms with Crippen molar-refractivity contribution in [1.29, 1.82) is 0 Å². The van der Waals surface area contributed by atoms with Gasteiger partial charge in [0.05, 0.1) is 6.54 Å². The zero-order valence-corrected chi connectivity index (χ0v) is 10.4. The molecule has 1 aromatic heterocycles. The quantitative estimate of drug-likeness (QED) is 0.275. The molecule has 1 heterocycles. The van der Waals surface area contributed by atoms with Crippen LogP contribution in [0.1, 0.15) is 23.0 Å². The average Bonchev–Trinajstić information content (AvgIpc) is 2.43. The maximum atomic E-state index is 12.0. The molecule has 1 rings (SSSR count). The lowest BCUT2D eigenvalue weighted by atomic mass is 10.2. The van der Waals surface area contributed by atoms with Crippen LogP contribution in [0.4, 0.5) is 0 Å². The second kappa shape index (κ2) is 6.34. The maximum absolute atomic E-state index is 12.0. The highest BCUT2D eigenvalue weighted by molar-refractivity contribution is 5.98. The van der Waals surface area contributed by atoms with Crippen LogP contribution in [0, 0.1) is 0 Å². The predicted octanol–water partition coefficient (Wildman–Crippen LogP) is -0.876. The van der Waals surface area contributed by atoms with Crippen LogP contribution in [-0.4, -0.2) is 45.8 Å². The van der Waals surface area contributed by atoms with Crippen molar-refractivity contribution in [3.8, 4) is 0 Å². The summed E-state index contributed by atoms with van der Waals surface area (Å²) in [5.41, 5.74) is 11.0. The Bertz CT molecular complexity index is 498. The summed E-state index contributed by atoms with van der Waals surface area (Å²) in [6, 6.07) is 2.92. The molecule has 8 heteroatoms. The standard InChI is InChI=1S/C11H15N5O3/c1-2-16(6-9(12)17)11(18)8-4-3-7(5-14-8)10(13)15-19/h3-5,19H,2,6H2,1H3,(H2,12,17)(H2,13,15). The van der Waals surface area contributed by atoms with Gasteiger partial charge in [-0.25, -0.2) is 0 Å². The van der Waals surface area contributed by atoms with Crippen LogP contribution >= 0.6 is 0 Å². The molecule has 2 amide bonds. The summed E-state index contributed by atoms with van der Waals surface area (Å²) < 4.78 is 0. The Morgan fingerprint density at radius 2 is 2.11 bits per heavy atom. The fourth-order valence-electron chi connectivity index (χ4n) is 1.41. The second-order valence-electron chi connectivity index (χ2n) is 3.70. The van der Waals surface area contributed by atoms with Gasteiger partial charge in [0.15, 0.2) is 5.84 Å². The molecule has 5 N–H and O–H groups in total. The van der Waals surface area contributed by atoms with Gasteiger partial charge in [0.25, 0.3) is 5.91 Å². The van der Waals surface area contributed by atoms with Gasteiger partial charge in [0, 0.05) is 18.3 Å². The van der Waals surface area contributed by atoms with E-state index in [0.717, 1.165) is 0 Å². The second-order valence-corrected chi connectivity index (χ2v) is 3.70. The van der Waals surface area contributed by atoms with Crippen molar-refractivity contribution in [1.82, 2.24) is 9.88 Å². The fraction of sp³-hybridized carbons (Fsp3) is 0.273. The van der Waals surface area contributed by atoms with Crippen molar-refractivity contribution in [3.05, 3.63) is 29.6 Å². The van der Waals surface area contributed by atoms with E-state index in [1.165, 1.54) is 23.2 Å². The molecule has 0 radical (unpaired) electrons. The normalized spacial score (nSPS) is 11.1. The zero-order chi connectivity index (χ0) is 14.4. The third-order valence-corrected chi connectivity index (χ3v) is 2.40. The number of nitrogens with two attached hydrogens (primary N) is 2.